The summed E-state index contributed by atoms with van der Waals surface area (Å²) < 4.78 is 266. The van der Waals surface area contributed by atoms with Crippen molar-refractivity contribution in [3.63, 3.8) is 0 Å². The molecule has 0 fully saturated rings. The highest BCUT2D eigenvalue weighted by Gasteiger charge is 2.95. The van der Waals surface area contributed by atoms with E-state index < -0.39 is 98.7 Å². The molecular weight excluding hydrogens is 688 g/mol. The first-order valence-electron chi connectivity index (χ1n) is 9.68. The van der Waals surface area contributed by atoms with E-state index in [0.717, 1.165) is 4.72 Å². The molecule has 1 amide bonds. The van der Waals surface area contributed by atoms with E-state index >= 15 is 0 Å². The summed E-state index contributed by atoms with van der Waals surface area (Å²) >= 11 is -0.814. The molecular formula is C17H9F18NO4S2. The Morgan fingerprint density at radius 3 is 1.45 bits per heavy atom. The van der Waals surface area contributed by atoms with Crippen molar-refractivity contribution in [2.75, 3.05) is 5.75 Å². The number of rotatable bonds is 12. The zero-order valence-corrected chi connectivity index (χ0v) is 20.6. The fourth-order valence-electron chi connectivity index (χ4n) is 2.39. The zero-order chi connectivity index (χ0) is 33.6. The molecule has 1 aromatic carbocycles. The second-order valence-electron chi connectivity index (χ2n) is 7.63. The summed E-state index contributed by atoms with van der Waals surface area (Å²) in [5, 5.41) is -2.03. The Morgan fingerprint density at radius 1 is 0.667 bits per heavy atom. The number of thioether (sulfide) groups is 1. The van der Waals surface area contributed by atoms with E-state index in [4.69, 9.17) is 0 Å². The smallest absolute Gasteiger partial charge is 0.367 e. The fourth-order valence-corrected chi connectivity index (χ4v) is 4.09. The molecule has 5 nitrogen and oxygen atoms in total. The largest absolute Gasteiger partial charge is 0.460 e. The van der Waals surface area contributed by atoms with E-state index in [1.54, 1.807) is 0 Å². The average molecular weight is 697 g/mol. The summed E-state index contributed by atoms with van der Waals surface area (Å²) in [5.74, 6) is -61.1. The van der Waals surface area contributed by atoms with Gasteiger partial charge in [-0.2, -0.15) is 83.1 Å². The van der Waals surface area contributed by atoms with Crippen LogP contribution in [0.15, 0.2) is 24.3 Å². The summed E-state index contributed by atoms with van der Waals surface area (Å²) in [5.41, 5.74) is 0. The van der Waals surface area contributed by atoms with Crippen LogP contribution in [0.25, 0.3) is 0 Å². The molecule has 0 saturated heterocycles. The minimum atomic E-state index is -8.77. The Hall–Kier alpha value is -2.47. The molecule has 0 atom stereocenters. The van der Waals surface area contributed by atoms with Gasteiger partial charge in [-0.3, -0.25) is 4.79 Å². The Kier molecular flexibility index (Phi) is 10.0. The van der Waals surface area contributed by atoms with Gasteiger partial charge in [-0.15, -0.1) is 0 Å². The van der Waals surface area contributed by atoms with Crippen molar-refractivity contribution in [2.24, 2.45) is 0 Å². The van der Waals surface area contributed by atoms with E-state index in [1.807, 2.05) is 0 Å². The van der Waals surface area contributed by atoms with Gasteiger partial charge in [0.1, 0.15) is 11.6 Å². The number of alkyl halides is 17. The number of hydrogen-bond acceptors (Lipinski definition) is 5. The third-order valence-electron chi connectivity index (χ3n) is 4.66. The van der Waals surface area contributed by atoms with Gasteiger partial charge in [0.05, 0.1) is 0 Å². The van der Waals surface area contributed by atoms with Gasteiger partial charge in [-0.25, -0.2) is 9.11 Å². The lowest BCUT2D eigenvalue weighted by Crippen LogP contribution is -2.74. The molecule has 0 aromatic heterocycles. The number of carbonyl (C=O) groups is 1. The van der Waals surface area contributed by atoms with Gasteiger partial charge in [-0.1, -0.05) is 11.8 Å². The molecule has 1 N–H and O–H groups in total. The van der Waals surface area contributed by atoms with Crippen molar-refractivity contribution < 1.29 is 96.4 Å². The first kappa shape index (κ1) is 37.6. The molecule has 0 radical (unpaired) electrons. The molecule has 42 heavy (non-hydrogen) atoms. The van der Waals surface area contributed by atoms with E-state index in [0.29, 0.717) is 24.3 Å². The summed E-state index contributed by atoms with van der Waals surface area (Å²) in [6, 6.07) is 2.63. The summed E-state index contributed by atoms with van der Waals surface area (Å²) in [6.45, 7) is 0. The molecule has 0 unspecified atom stereocenters. The topological polar surface area (TPSA) is 72.5 Å². The predicted octanol–water partition coefficient (Wildman–Crippen LogP) is 7.29. The maximum atomic E-state index is 13.8. The van der Waals surface area contributed by atoms with Crippen molar-refractivity contribution in [3.8, 4) is 5.75 Å². The number of halogens is 18. The summed E-state index contributed by atoms with van der Waals surface area (Å²) in [7, 11) is -5.23. The number of hydrogen-bond donors (Lipinski definition) is 1. The van der Waals surface area contributed by atoms with Gasteiger partial charge in [0.2, 0.25) is 0 Å². The van der Waals surface area contributed by atoms with Gasteiger partial charge >= 0.3 is 57.9 Å². The predicted molar refractivity (Wildman–Crippen MR) is 102 cm³/mol. The second-order valence-corrected chi connectivity index (χ2v) is 9.97. The monoisotopic (exact) mass is 697 g/mol. The highest BCUT2D eigenvalue weighted by Crippen LogP contribution is 2.64. The van der Waals surface area contributed by atoms with Crippen LogP contribution in [0.3, 0.4) is 0 Å². The van der Waals surface area contributed by atoms with Crippen LogP contribution in [0.5, 0.6) is 5.75 Å². The maximum absolute atomic E-state index is 13.8. The SMILES string of the molecule is O=C(NS(=O)(=O)Oc1ccc(F)cc1)SCCC(F)(F)C(F)(F)C(F)(F)C(F)(F)C(F)(F)C(F)(F)C(F)(F)C(F)(F)F. The van der Waals surface area contributed by atoms with E-state index in [2.05, 4.69) is 4.18 Å². The lowest BCUT2D eigenvalue weighted by molar-refractivity contribution is -0.461. The first-order valence-corrected chi connectivity index (χ1v) is 12.1. The number of benzene rings is 1. The Bertz CT molecular complexity index is 1230. The average Bonchev–Trinajstić information content (AvgIpc) is 2.78. The van der Waals surface area contributed by atoms with Crippen LogP contribution in [0.4, 0.5) is 83.8 Å². The van der Waals surface area contributed by atoms with Gasteiger partial charge in [-0.05, 0) is 24.3 Å². The molecule has 0 aliphatic rings. The lowest BCUT2D eigenvalue weighted by atomic mass is 9.88. The highest BCUT2D eigenvalue weighted by atomic mass is 32.2. The minimum absolute atomic E-state index is 0.641. The van der Waals surface area contributed by atoms with Crippen LogP contribution in [-0.4, -0.2) is 67.0 Å². The van der Waals surface area contributed by atoms with Crippen LogP contribution in [0, 0.1) is 5.82 Å². The van der Waals surface area contributed by atoms with Crippen molar-refractivity contribution in [1.29, 1.82) is 0 Å². The van der Waals surface area contributed by atoms with Gasteiger partial charge in [0, 0.05) is 12.2 Å². The van der Waals surface area contributed by atoms with Crippen LogP contribution in [0.2, 0.25) is 0 Å². The van der Waals surface area contributed by atoms with Crippen molar-refractivity contribution in [2.45, 2.75) is 54.1 Å². The molecule has 1 rings (SSSR count). The van der Waals surface area contributed by atoms with Crippen molar-refractivity contribution >= 4 is 27.3 Å². The molecule has 0 aliphatic heterocycles. The molecule has 244 valence electrons. The Balaban J connectivity index is 3.13. The quantitative estimate of drug-likeness (QED) is 0.233. The number of amides is 1. The lowest BCUT2D eigenvalue weighted by Gasteiger charge is -2.42. The third kappa shape index (κ3) is 6.54. The molecule has 0 aliphatic carbocycles. The molecule has 0 spiro atoms. The third-order valence-corrected chi connectivity index (χ3v) is 6.41. The van der Waals surface area contributed by atoms with E-state index in [-0.39, 0.29) is 0 Å². The van der Waals surface area contributed by atoms with Crippen molar-refractivity contribution in [3.05, 3.63) is 30.1 Å². The Labute approximate surface area is 224 Å². The number of nitrogens with one attached hydrogen (secondary N) is 1. The van der Waals surface area contributed by atoms with E-state index in [9.17, 15) is 92.2 Å². The van der Waals surface area contributed by atoms with E-state index in [1.165, 1.54) is 0 Å². The fraction of sp³-hybridized carbons (Fsp3) is 0.588. The Morgan fingerprint density at radius 2 is 1.05 bits per heavy atom. The molecule has 0 saturated carbocycles. The second kappa shape index (κ2) is 11.2. The first-order chi connectivity index (χ1) is 18.3. The molecule has 0 bridgehead atoms. The zero-order valence-electron chi connectivity index (χ0n) is 19.0. The summed E-state index contributed by atoms with van der Waals surface area (Å²) in [4.78, 5) is 11.5. The van der Waals surface area contributed by atoms with Gasteiger partial charge in [0.25, 0.3) is 5.24 Å². The minimum Gasteiger partial charge on any atom is -0.367 e. The number of carbonyl (C=O) groups excluding carboxylic acids is 1. The van der Waals surface area contributed by atoms with Crippen LogP contribution >= 0.6 is 11.8 Å². The van der Waals surface area contributed by atoms with Gasteiger partial charge in [0.15, 0.2) is 0 Å². The van der Waals surface area contributed by atoms with Crippen LogP contribution < -0.4 is 8.91 Å². The van der Waals surface area contributed by atoms with Crippen molar-refractivity contribution in [1.82, 2.24) is 4.72 Å². The maximum Gasteiger partial charge on any atom is 0.460 e. The van der Waals surface area contributed by atoms with Crippen LogP contribution in [0.1, 0.15) is 6.42 Å². The highest BCUT2D eigenvalue weighted by molar-refractivity contribution is 8.14. The molecule has 1 aromatic rings. The molecule has 0 heterocycles. The summed E-state index contributed by atoms with van der Waals surface area (Å²) in [6.07, 6.45) is -10.8. The standard InChI is InChI=1S/C17H9F18NO4S2/c18-7-1-3-8(4-2-7)40-42(38,39)36-9(37)41-6-5-10(19,20)11(21,22)12(23,24)13(25,26)14(27,28)15(29,30)16(31,32)17(33,34)35/h1-4H,5-6H2,(H,36,37). The van der Waals surface area contributed by atoms with Crippen LogP contribution in [-0.2, 0) is 10.3 Å². The molecule has 25 heteroatoms. The van der Waals surface area contributed by atoms with Gasteiger partial charge < -0.3 is 4.18 Å². The normalized spacial score (nSPS) is 15.0.